The first-order chi connectivity index (χ1) is 10.7. The van der Waals surface area contributed by atoms with Gasteiger partial charge in [-0.1, -0.05) is 36.4 Å². The molecular weight excluding hydrogens is 338 g/mol. The lowest BCUT2D eigenvalue weighted by atomic mass is 10.0. The van der Waals surface area contributed by atoms with Crippen molar-refractivity contribution in [1.82, 2.24) is 14.8 Å². The third kappa shape index (κ3) is 4.15. The molecule has 4 heteroatoms. The quantitative estimate of drug-likeness (QED) is 0.781. The van der Waals surface area contributed by atoms with Crippen molar-refractivity contribution in [3.8, 4) is 0 Å². The molecule has 0 amide bonds. The van der Waals surface area contributed by atoms with E-state index in [2.05, 4.69) is 74.2 Å². The van der Waals surface area contributed by atoms with Crippen LogP contribution in [-0.4, -0.2) is 47.5 Å². The zero-order valence-electron chi connectivity index (χ0n) is 13.0. The lowest BCUT2D eigenvalue weighted by molar-refractivity contribution is 0.0904. The molecule has 1 aromatic carbocycles. The Morgan fingerprint density at radius 1 is 1.09 bits per heavy atom. The highest BCUT2D eigenvalue weighted by Crippen LogP contribution is 2.16. The SMILES string of the molecule is CN1CCN(Cc2ccc(Br)nc2)C[C@@H]1Cc1ccccc1. The predicted octanol–water partition coefficient (Wildman–Crippen LogP) is 3.20. The van der Waals surface area contributed by atoms with Gasteiger partial charge in [0.05, 0.1) is 0 Å². The van der Waals surface area contributed by atoms with Crippen molar-refractivity contribution in [2.24, 2.45) is 0 Å². The van der Waals surface area contributed by atoms with E-state index in [0.717, 1.165) is 37.2 Å². The van der Waals surface area contributed by atoms with Gasteiger partial charge in [0, 0.05) is 38.4 Å². The summed E-state index contributed by atoms with van der Waals surface area (Å²) >= 11 is 3.39. The van der Waals surface area contributed by atoms with Crippen LogP contribution in [-0.2, 0) is 13.0 Å². The smallest absolute Gasteiger partial charge is 0.106 e. The van der Waals surface area contributed by atoms with E-state index in [9.17, 15) is 0 Å². The minimum atomic E-state index is 0.583. The molecule has 3 rings (SSSR count). The van der Waals surface area contributed by atoms with Crippen LogP contribution in [0.4, 0.5) is 0 Å². The van der Waals surface area contributed by atoms with E-state index in [1.165, 1.54) is 11.1 Å². The molecular formula is C18H22BrN3. The number of halogens is 1. The Kier molecular flexibility index (Phi) is 5.24. The summed E-state index contributed by atoms with van der Waals surface area (Å²) in [6.45, 7) is 4.35. The van der Waals surface area contributed by atoms with Crippen molar-refractivity contribution in [3.05, 3.63) is 64.4 Å². The Bertz CT molecular complexity index is 585. The van der Waals surface area contributed by atoms with Gasteiger partial charge >= 0.3 is 0 Å². The highest BCUT2D eigenvalue weighted by Gasteiger charge is 2.24. The van der Waals surface area contributed by atoms with Crippen LogP contribution in [0.1, 0.15) is 11.1 Å². The molecule has 0 unspecified atom stereocenters. The molecule has 0 N–H and O–H groups in total. The minimum Gasteiger partial charge on any atom is -0.301 e. The second-order valence-corrected chi connectivity index (χ2v) is 6.86. The van der Waals surface area contributed by atoms with Crippen molar-refractivity contribution >= 4 is 15.9 Å². The molecule has 116 valence electrons. The van der Waals surface area contributed by atoms with Gasteiger partial charge in [0.25, 0.3) is 0 Å². The summed E-state index contributed by atoms with van der Waals surface area (Å²) in [4.78, 5) is 9.36. The summed E-state index contributed by atoms with van der Waals surface area (Å²) < 4.78 is 0.900. The molecule has 1 fully saturated rings. The van der Waals surface area contributed by atoms with E-state index in [0.29, 0.717) is 6.04 Å². The van der Waals surface area contributed by atoms with Gasteiger partial charge in [-0.3, -0.25) is 4.90 Å². The van der Waals surface area contributed by atoms with Gasteiger partial charge in [-0.2, -0.15) is 0 Å². The highest BCUT2D eigenvalue weighted by atomic mass is 79.9. The van der Waals surface area contributed by atoms with Gasteiger partial charge in [-0.15, -0.1) is 0 Å². The van der Waals surface area contributed by atoms with Crippen molar-refractivity contribution in [2.45, 2.75) is 19.0 Å². The lowest BCUT2D eigenvalue weighted by Crippen LogP contribution is -2.51. The van der Waals surface area contributed by atoms with Gasteiger partial charge in [-0.25, -0.2) is 4.98 Å². The fourth-order valence-electron chi connectivity index (χ4n) is 3.02. The third-order valence-electron chi connectivity index (χ3n) is 4.37. The number of nitrogens with zero attached hydrogens (tertiary/aromatic N) is 3. The van der Waals surface area contributed by atoms with Gasteiger partial charge < -0.3 is 4.90 Å². The van der Waals surface area contributed by atoms with Crippen LogP contribution in [0.2, 0.25) is 0 Å². The van der Waals surface area contributed by atoms with Gasteiger partial charge in [0.1, 0.15) is 4.60 Å². The molecule has 0 aliphatic carbocycles. The highest BCUT2D eigenvalue weighted by molar-refractivity contribution is 9.10. The van der Waals surface area contributed by atoms with Crippen LogP contribution in [0.15, 0.2) is 53.3 Å². The first kappa shape index (κ1) is 15.7. The second-order valence-electron chi connectivity index (χ2n) is 6.05. The average Bonchev–Trinajstić information content (AvgIpc) is 2.54. The van der Waals surface area contributed by atoms with E-state index < -0.39 is 0 Å². The number of likely N-dealkylation sites (N-methyl/N-ethyl adjacent to an activating group) is 1. The minimum absolute atomic E-state index is 0.583. The van der Waals surface area contributed by atoms with Crippen LogP contribution in [0.5, 0.6) is 0 Å². The summed E-state index contributed by atoms with van der Waals surface area (Å²) in [5.41, 5.74) is 2.71. The topological polar surface area (TPSA) is 19.4 Å². The van der Waals surface area contributed by atoms with Crippen LogP contribution < -0.4 is 0 Å². The van der Waals surface area contributed by atoms with Crippen LogP contribution >= 0.6 is 15.9 Å². The van der Waals surface area contributed by atoms with Crippen molar-refractivity contribution < 1.29 is 0 Å². The van der Waals surface area contributed by atoms with Crippen molar-refractivity contribution in [2.75, 3.05) is 26.7 Å². The normalized spacial score (nSPS) is 20.2. The summed E-state index contributed by atoms with van der Waals surface area (Å²) in [6.07, 6.45) is 3.08. The monoisotopic (exact) mass is 359 g/mol. The van der Waals surface area contributed by atoms with E-state index >= 15 is 0 Å². The molecule has 1 aliphatic rings. The standard InChI is InChI=1S/C18H22BrN3/c1-21-9-10-22(13-16-7-8-18(19)20-12-16)14-17(21)11-15-5-3-2-4-6-15/h2-8,12,17H,9-11,13-14H2,1H3/t17-/m0/s1. The molecule has 1 saturated heterocycles. The average molecular weight is 360 g/mol. The van der Waals surface area contributed by atoms with Crippen LogP contribution in [0, 0.1) is 0 Å². The van der Waals surface area contributed by atoms with Crippen LogP contribution in [0.3, 0.4) is 0 Å². The second kappa shape index (κ2) is 7.36. The Balaban J connectivity index is 1.61. The largest absolute Gasteiger partial charge is 0.301 e. The molecule has 0 bridgehead atoms. The zero-order valence-corrected chi connectivity index (χ0v) is 14.5. The number of rotatable bonds is 4. The maximum Gasteiger partial charge on any atom is 0.106 e. The van der Waals surface area contributed by atoms with E-state index in [4.69, 9.17) is 0 Å². The molecule has 0 radical (unpaired) electrons. The maximum atomic E-state index is 4.33. The van der Waals surface area contributed by atoms with Crippen LogP contribution in [0.25, 0.3) is 0 Å². The number of pyridine rings is 1. The molecule has 0 saturated carbocycles. The summed E-state index contributed by atoms with van der Waals surface area (Å²) in [6, 6.07) is 15.6. The van der Waals surface area contributed by atoms with Crippen molar-refractivity contribution in [1.29, 1.82) is 0 Å². The fraction of sp³-hybridized carbons (Fsp3) is 0.389. The summed E-state index contributed by atoms with van der Waals surface area (Å²) in [5.74, 6) is 0. The van der Waals surface area contributed by atoms with E-state index in [1.807, 2.05) is 12.3 Å². The molecule has 1 atom stereocenters. The third-order valence-corrected chi connectivity index (χ3v) is 4.84. The van der Waals surface area contributed by atoms with Gasteiger partial charge in [0.2, 0.25) is 0 Å². The molecule has 3 nitrogen and oxygen atoms in total. The molecule has 1 aliphatic heterocycles. The first-order valence-corrected chi connectivity index (χ1v) is 8.57. The molecule has 22 heavy (non-hydrogen) atoms. The Hall–Kier alpha value is -1.23. The lowest BCUT2D eigenvalue weighted by Gasteiger charge is -2.39. The number of benzene rings is 1. The number of aromatic nitrogens is 1. The molecule has 2 aromatic rings. The number of hydrogen-bond donors (Lipinski definition) is 0. The zero-order chi connectivity index (χ0) is 15.4. The fourth-order valence-corrected chi connectivity index (χ4v) is 3.25. The number of piperazine rings is 1. The van der Waals surface area contributed by atoms with Crippen molar-refractivity contribution in [3.63, 3.8) is 0 Å². The molecule has 1 aromatic heterocycles. The number of hydrogen-bond acceptors (Lipinski definition) is 3. The van der Waals surface area contributed by atoms with E-state index in [1.54, 1.807) is 0 Å². The Labute approximate surface area is 141 Å². The molecule has 0 spiro atoms. The first-order valence-electron chi connectivity index (χ1n) is 7.77. The molecule has 2 heterocycles. The predicted molar refractivity (Wildman–Crippen MR) is 93.8 cm³/mol. The summed E-state index contributed by atoms with van der Waals surface area (Å²) in [7, 11) is 2.24. The summed E-state index contributed by atoms with van der Waals surface area (Å²) in [5, 5.41) is 0. The van der Waals surface area contributed by atoms with E-state index in [-0.39, 0.29) is 0 Å². The van der Waals surface area contributed by atoms with Gasteiger partial charge in [0.15, 0.2) is 0 Å². The Morgan fingerprint density at radius 3 is 2.64 bits per heavy atom. The Morgan fingerprint density at radius 2 is 1.91 bits per heavy atom. The maximum absolute atomic E-state index is 4.33. The van der Waals surface area contributed by atoms with Gasteiger partial charge in [-0.05, 0) is 46.6 Å².